The molecule has 0 atom stereocenters. The van der Waals surface area contributed by atoms with Crippen LogP contribution in [-0.2, 0) is 0 Å². The first-order valence-electron chi connectivity index (χ1n) is 5.96. The number of anilines is 1. The monoisotopic (exact) mass is 358 g/mol. The van der Waals surface area contributed by atoms with Gasteiger partial charge in [0.15, 0.2) is 5.13 Å². The normalized spacial score (nSPS) is 10.9. The minimum atomic E-state index is -0.945. The molecule has 2 aromatic carbocycles. The molecule has 1 heterocycles. The molecule has 22 heavy (non-hydrogen) atoms. The Morgan fingerprint density at radius 3 is 2.55 bits per heavy atom. The van der Waals surface area contributed by atoms with Gasteiger partial charge in [0.25, 0.3) is 5.91 Å². The zero-order chi connectivity index (χ0) is 15.9. The summed E-state index contributed by atoms with van der Waals surface area (Å²) in [5.41, 5.74) is -0.203. The van der Waals surface area contributed by atoms with Crippen LogP contribution in [0.3, 0.4) is 0 Å². The molecule has 0 aliphatic heterocycles. The fourth-order valence-electron chi connectivity index (χ4n) is 1.89. The predicted molar refractivity (Wildman–Crippen MR) is 84.0 cm³/mol. The van der Waals surface area contributed by atoms with Crippen molar-refractivity contribution in [3.8, 4) is 0 Å². The van der Waals surface area contributed by atoms with E-state index in [4.69, 9.17) is 23.2 Å². The van der Waals surface area contributed by atoms with E-state index in [1.165, 1.54) is 12.1 Å². The first-order chi connectivity index (χ1) is 10.5. The number of amides is 1. The van der Waals surface area contributed by atoms with E-state index in [9.17, 15) is 13.6 Å². The lowest BCUT2D eigenvalue weighted by Gasteiger charge is -2.03. The molecular formula is C14H6Cl2F2N2OS. The van der Waals surface area contributed by atoms with Gasteiger partial charge >= 0.3 is 0 Å². The predicted octanol–water partition coefficient (Wildman–Crippen LogP) is 5.13. The summed E-state index contributed by atoms with van der Waals surface area (Å²) in [4.78, 5) is 16.1. The summed E-state index contributed by atoms with van der Waals surface area (Å²) in [5, 5.41) is 3.30. The first kappa shape index (κ1) is 15.1. The molecule has 0 saturated heterocycles. The Morgan fingerprint density at radius 2 is 1.86 bits per heavy atom. The highest BCUT2D eigenvalue weighted by Crippen LogP contribution is 2.34. The van der Waals surface area contributed by atoms with Gasteiger partial charge in [-0.1, -0.05) is 40.6 Å². The molecule has 0 saturated carbocycles. The van der Waals surface area contributed by atoms with Crippen LogP contribution in [-0.4, -0.2) is 10.9 Å². The van der Waals surface area contributed by atoms with Crippen molar-refractivity contribution < 1.29 is 13.6 Å². The smallest absolute Gasteiger partial charge is 0.263 e. The van der Waals surface area contributed by atoms with Crippen molar-refractivity contribution in [3.05, 3.63) is 57.6 Å². The van der Waals surface area contributed by atoms with Gasteiger partial charge in [0.2, 0.25) is 0 Å². The number of rotatable bonds is 2. The summed E-state index contributed by atoms with van der Waals surface area (Å²) in [5.74, 6) is -2.81. The molecule has 1 amide bonds. The molecule has 0 aliphatic rings. The van der Waals surface area contributed by atoms with Gasteiger partial charge < -0.3 is 0 Å². The Kier molecular flexibility index (Phi) is 3.99. The summed E-state index contributed by atoms with van der Waals surface area (Å²) in [6.45, 7) is 0. The van der Waals surface area contributed by atoms with Gasteiger partial charge in [-0.25, -0.2) is 13.8 Å². The molecule has 0 fully saturated rings. The van der Waals surface area contributed by atoms with Crippen LogP contribution in [0.1, 0.15) is 10.4 Å². The quantitative estimate of drug-likeness (QED) is 0.689. The van der Waals surface area contributed by atoms with Gasteiger partial charge in [0.05, 0.1) is 9.72 Å². The van der Waals surface area contributed by atoms with Crippen molar-refractivity contribution in [2.24, 2.45) is 0 Å². The van der Waals surface area contributed by atoms with Crippen LogP contribution in [0.25, 0.3) is 10.2 Å². The van der Waals surface area contributed by atoms with Gasteiger partial charge in [-0.15, -0.1) is 0 Å². The Hall–Kier alpha value is -1.76. The topological polar surface area (TPSA) is 42.0 Å². The molecule has 1 aromatic heterocycles. The molecule has 0 aliphatic carbocycles. The number of aromatic nitrogens is 1. The lowest BCUT2D eigenvalue weighted by Crippen LogP contribution is -2.15. The Balaban J connectivity index is 1.96. The number of hydrogen-bond donors (Lipinski definition) is 1. The lowest BCUT2D eigenvalue weighted by molar-refractivity contribution is 0.101. The van der Waals surface area contributed by atoms with Gasteiger partial charge in [-0.05, 0) is 24.3 Å². The van der Waals surface area contributed by atoms with E-state index < -0.39 is 23.1 Å². The number of nitrogens with zero attached hydrogens (tertiary/aromatic N) is 1. The molecule has 0 spiro atoms. The molecule has 0 radical (unpaired) electrons. The number of carbonyl (C=O) groups excluding carboxylic acids is 1. The highest BCUT2D eigenvalue weighted by atomic mass is 35.5. The Morgan fingerprint density at radius 1 is 1.18 bits per heavy atom. The fraction of sp³-hybridized carbons (Fsp3) is 0. The molecule has 3 rings (SSSR count). The molecule has 3 aromatic rings. The summed E-state index contributed by atoms with van der Waals surface area (Å²) < 4.78 is 27.8. The number of nitrogens with one attached hydrogen (secondary N) is 1. The van der Waals surface area contributed by atoms with Crippen LogP contribution in [0.15, 0.2) is 30.3 Å². The molecular weight excluding hydrogens is 353 g/mol. The number of thiazole rings is 1. The first-order valence-corrected chi connectivity index (χ1v) is 7.54. The van der Waals surface area contributed by atoms with E-state index >= 15 is 0 Å². The highest BCUT2D eigenvalue weighted by molar-refractivity contribution is 7.22. The third kappa shape index (κ3) is 2.77. The second-order valence-corrected chi connectivity index (χ2v) is 6.18. The number of fused-ring (bicyclic) bond motifs is 1. The van der Waals surface area contributed by atoms with E-state index in [1.807, 2.05) is 0 Å². The van der Waals surface area contributed by atoms with Gasteiger partial charge in [0, 0.05) is 5.02 Å². The summed E-state index contributed by atoms with van der Waals surface area (Å²) in [6.07, 6.45) is 0. The van der Waals surface area contributed by atoms with E-state index in [2.05, 4.69) is 10.3 Å². The third-order valence-corrected chi connectivity index (χ3v) is 4.25. The minimum Gasteiger partial charge on any atom is -0.298 e. The van der Waals surface area contributed by atoms with E-state index in [0.29, 0.717) is 20.3 Å². The molecule has 112 valence electrons. The summed E-state index contributed by atoms with van der Waals surface area (Å²) in [6, 6.07) is 6.36. The van der Waals surface area contributed by atoms with Crippen molar-refractivity contribution in [1.82, 2.24) is 4.98 Å². The lowest BCUT2D eigenvalue weighted by atomic mass is 10.2. The number of benzene rings is 2. The van der Waals surface area contributed by atoms with Crippen molar-refractivity contribution in [1.29, 1.82) is 0 Å². The van der Waals surface area contributed by atoms with Gasteiger partial charge in [-0.3, -0.25) is 10.1 Å². The average molecular weight is 359 g/mol. The van der Waals surface area contributed by atoms with Crippen molar-refractivity contribution in [3.63, 3.8) is 0 Å². The van der Waals surface area contributed by atoms with Crippen molar-refractivity contribution in [2.45, 2.75) is 0 Å². The van der Waals surface area contributed by atoms with Crippen LogP contribution in [0.2, 0.25) is 10.0 Å². The summed E-state index contributed by atoms with van der Waals surface area (Å²) in [7, 11) is 0. The zero-order valence-corrected chi connectivity index (χ0v) is 13.0. The maximum Gasteiger partial charge on any atom is 0.263 e. The highest BCUT2D eigenvalue weighted by Gasteiger charge is 2.19. The molecule has 8 heteroatoms. The second-order valence-electron chi connectivity index (χ2n) is 4.30. The largest absolute Gasteiger partial charge is 0.298 e. The maximum atomic E-state index is 13.6. The van der Waals surface area contributed by atoms with Crippen LogP contribution in [0.5, 0.6) is 0 Å². The summed E-state index contributed by atoms with van der Waals surface area (Å²) >= 11 is 13.0. The molecule has 3 nitrogen and oxygen atoms in total. The number of carbonyl (C=O) groups is 1. The third-order valence-electron chi connectivity index (χ3n) is 2.82. The van der Waals surface area contributed by atoms with Gasteiger partial charge in [0.1, 0.15) is 22.7 Å². The number of hydrogen-bond acceptors (Lipinski definition) is 3. The minimum absolute atomic E-state index is 0.173. The van der Waals surface area contributed by atoms with Crippen molar-refractivity contribution >= 4 is 55.8 Å². The van der Waals surface area contributed by atoms with Crippen LogP contribution < -0.4 is 5.32 Å². The number of halogens is 4. The molecule has 1 N–H and O–H groups in total. The molecule has 0 unspecified atom stereocenters. The fourth-order valence-corrected chi connectivity index (χ4v) is 3.47. The SMILES string of the molecule is O=C(Nc1nc2c(Cl)cc(Cl)cc2s1)c1c(F)cccc1F. The van der Waals surface area contributed by atoms with Gasteiger partial charge in [-0.2, -0.15) is 0 Å². The van der Waals surface area contributed by atoms with Crippen molar-refractivity contribution in [2.75, 3.05) is 5.32 Å². The van der Waals surface area contributed by atoms with Crippen LogP contribution >= 0.6 is 34.5 Å². The Labute approximate surface area is 137 Å². The molecule has 0 bridgehead atoms. The zero-order valence-electron chi connectivity index (χ0n) is 10.7. The van der Waals surface area contributed by atoms with E-state index in [-0.39, 0.29) is 5.13 Å². The van der Waals surface area contributed by atoms with E-state index in [1.54, 1.807) is 6.07 Å². The average Bonchev–Trinajstić information content (AvgIpc) is 2.81. The van der Waals surface area contributed by atoms with Crippen LogP contribution in [0, 0.1) is 11.6 Å². The van der Waals surface area contributed by atoms with E-state index in [0.717, 1.165) is 23.5 Å². The Bertz CT molecular complexity index is 878. The maximum absolute atomic E-state index is 13.6. The standard InChI is InChI=1S/C14H6Cl2F2N2OS/c15-6-4-7(16)12-10(5-6)22-14(19-12)20-13(21)11-8(17)2-1-3-9(11)18/h1-5H,(H,19,20,21). The second kappa shape index (κ2) is 5.79. The van der Waals surface area contributed by atoms with Crippen LogP contribution in [0.4, 0.5) is 13.9 Å².